The topological polar surface area (TPSA) is 31.0 Å². The zero-order valence-corrected chi connectivity index (χ0v) is 9.71. The molecule has 0 saturated carbocycles. The van der Waals surface area contributed by atoms with E-state index in [1.54, 1.807) is 6.26 Å². The smallest absolute Gasteiger partial charge is 0.128 e. The van der Waals surface area contributed by atoms with Crippen LogP contribution in [0.4, 0.5) is 0 Å². The Bertz CT molecular complexity index is 431. The van der Waals surface area contributed by atoms with Gasteiger partial charge in [0.1, 0.15) is 16.2 Å². The minimum atomic E-state index is 0.769. The SMILES string of the molecule is Cc1nc(Br)c(Cc2ccco2)n1C. The Morgan fingerprint density at radius 2 is 2.36 bits per heavy atom. The Kier molecular flexibility index (Phi) is 2.46. The average molecular weight is 255 g/mol. The first-order chi connectivity index (χ1) is 6.68. The first-order valence-electron chi connectivity index (χ1n) is 4.38. The summed E-state index contributed by atoms with van der Waals surface area (Å²) >= 11 is 3.44. The molecule has 0 N–H and O–H groups in total. The first kappa shape index (κ1) is 9.52. The molecule has 0 fully saturated rings. The van der Waals surface area contributed by atoms with Gasteiger partial charge in [-0.1, -0.05) is 0 Å². The molecule has 0 radical (unpaired) electrons. The summed E-state index contributed by atoms with van der Waals surface area (Å²) in [6, 6.07) is 3.86. The zero-order valence-electron chi connectivity index (χ0n) is 8.12. The largest absolute Gasteiger partial charge is 0.469 e. The summed E-state index contributed by atoms with van der Waals surface area (Å²) in [5.41, 5.74) is 1.14. The lowest BCUT2D eigenvalue weighted by atomic mass is 10.2. The highest BCUT2D eigenvalue weighted by molar-refractivity contribution is 9.10. The zero-order chi connectivity index (χ0) is 10.1. The molecule has 0 spiro atoms. The Hall–Kier alpha value is -1.03. The summed E-state index contributed by atoms with van der Waals surface area (Å²) in [6.45, 7) is 1.98. The fourth-order valence-corrected chi connectivity index (χ4v) is 2.05. The van der Waals surface area contributed by atoms with Crippen LogP contribution in [0.15, 0.2) is 27.4 Å². The molecule has 74 valence electrons. The molecule has 3 nitrogen and oxygen atoms in total. The van der Waals surface area contributed by atoms with E-state index in [0.717, 1.165) is 28.3 Å². The second-order valence-corrected chi connectivity index (χ2v) is 3.96. The molecule has 0 aromatic carbocycles. The van der Waals surface area contributed by atoms with Crippen molar-refractivity contribution in [2.45, 2.75) is 13.3 Å². The van der Waals surface area contributed by atoms with Crippen molar-refractivity contribution in [1.29, 1.82) is 0 Å². The minimum Gasteiger partial charge on any atom is -0.469 e. The normalized spacial score (nSPS) is 10.8. The van der Waals surface area contributed by atoms with Crippen LogP contribution in [0.2, 0.25) is 0 Å². The monoisotopic (exact) mass is 254 g/mol. The second kappa shape index (κ2) is 3.61. The number of furan rings is 1. The standard InChI is InChI=1S/C10H11BrN2O/c1-7-12-10(11)9(13(7)2)6-8-4-3-5-14-8/h3-5H,6H2,1-2H3. The molecule has 0 saturated heterocycles. The van der Waals surface area contributed by atoms with E-state index in [1.807, 2.05) is 26.1 Å². The van der Waals surface area contributed by atoms with Crippen molar-refractivity contribution in [3.05, 3.63) is 40.3 Å². The van der Waals surface area contributed by atoms with Crippen molar-refractivity contribution < 1.29 is 4.42 Å². The number of aromatic nitrogens is 2. The van der Waals surface area contributed by atoms with Gasteiger partial charge >= 0.3 is 0 Å². The third kappa shape index (κ3) is 1.62. The van der Waals surface area contributed by atoms with Crippen LogP contribution < -0.4 is 0 Å². The Labute approximate surface area is 90.9 Å². The molecule has 0 aliphatic carbocycles. The third-order valence-electron chi connectivity index (χ3n) is 2.31. The fraction of sp³-hybridized carbons (Fsp3) is 0.300. The van der Waals surface area contributed by atoms with Gasteiger partial charge in [-0.05, 0) is 35.0 Å². The minimum absolute atomic E-state index is 0.769. The third-order valence-corrected chi connectivity index (χ3v) is 2.95. The molecule has 0 amide bonds. The lowest BCUT2D eigenvalue weighted by molar-refractivity contribution is 0.516. The Morgan fingerprint density at radius 1 is 1.57 bits per heavy atom. The molecule has 0 atom stereocenters. The van der Waals surface area contributed by atoms with Crippen molar-refractivity contribution >= 4 is 15.9 Å². The van der Waals surface area contributed by atoms with E-state index in [2.05, 4.69) is 25.5 Å². The number of hydrogen-bond donors (Lipinski definition) is 0. The van der Waals surface area contributed by atoms with Crippen LogP contribution in [0.1, 0.15) is 17.3 Å². The maximum Gasteiger partial charge on any atom is 0.128 e. The highest BCUT2D eigenvalue weighted by atomic mass is 79.9. The van der Waals surface area contributed by atoms with Gasteiger partial charge in [0.15, 0.2) is 0 Å². The van der Waals surface area contributed by atoms with Crippen LogP contribution in [0.3, 0.4) is 0 Å². The van der Waals surface area contributed by atoms with E-state index >= 15 is 0 Å². The van der Waals surface area contributed by atoms with E-state index in [9.17, 15) is 0 Å². The van der Waals surface area contributed by atoms with Gasteiger partial charge in [-0.25, -0.2) is 4.98 Å². The average Bonchev–Trinajstić information content (AvgIpc) is 2.71. The van der Waals surface area contributed by atoms with Crippen LogP contribution in [0.5, 0.6) is 0 Å². The summed E-state index contributed by atoms with van der Waals surface area (Å²) in [5, 5.41) is 0. The van der Waals surface area contributed by atoms with E-state index in [-0.39, 0.29) is 0 Å². The number of rotatable bonds is 2. The Balaban J connectivity index is 2.33. The first-order valence-corrected chi connectivity index (χ1v) is 5.18. The summed E-state index contributed by atoms with van der Waals surface area (Å²) < 4.78 is 8.25. The van der Waals surface area contributed by atoms with Gasteiger partial charge in [-0.2, -0.15) is 0 Å². The maximum absolute atomic E-state index is 5.29. The van der Waals surface area contributed by atoms with Crippen LogP contribution >= 0.6 is 15.9 Å². The number of hydrogen-bond acceptors (Lipinski definition) is 2. The molecule has 14 heavy (non-hydrogen) atoms. The molecule has 2 aromatic heterocycles. The highest BCUT2D eigenvalue weighted by Crippen LogP contribution is 2.20. The van der Waals surface area contributed by atoms with E-state index in [1.165, 1.54) is 0 Å². The van der Waals surface area contributed by atoms with E-state index < -0.39 is 0 Å². The molecule has 2 rings (SSSR count). The van der Waals surface area contributed by atoms with Gasteiger partial charge in [0.25, 0.3) is 0 Å². The van der Waals surface area contributed by atoms with Crippen molar-refractivity contribution in [2.75, 3.05) is 0 Å². The van der Waals surface area contributed by atoms with Crippen LogP contribution in [-0.2, 0) is 13.5 Å². The molecular weight excluding hydrogens is 244 g/mol. The maximum atomic E-state index is 5.29. The molecule has 0 unspecified atom stereocenters. The van der Waals surface area contributed by atoms with Crippen molar-refractivity contribution in [2.24, 2.45) is 7.05 Å². The van der Waals surface area contributed by atoms with Gasteiger partial charge in [0, 0.05) is 13.5 Å². The molecular formula is C10H11BrN2O. The van der Waals surface area contributed by atoms with Gasteiger partial charge in [0.2, 0.25) is 0 Å². The number of imidazole rings is 1. The van der Waals surface area contributed by atoms with E-state index in [0.29, 0.717) is 0 Å². The molecule has 2 heterocycles. The lowest BCUT2D eigenvalue weighted by Gasteiger charge is -2.01. The lowest BCUT2D eigenvalue weighted by Crippen LogP contribution is -1.99. The van der Waals surface area contributed by atoms with Gasteiger partial charge in [0.05, 0.1) is 12.0 Å². The summed E-state index contributed by atoms with van der Waals surface area (Å²) in [7, 11) is 2.01. The molecule has 4 heteroatoms. The molecule has 0 aliphatic heterocycles. The number of aryl methyl sites for hydroxylation is 1. The van der Waals surface area contributed by atoms with E-state index in [4.69, 9.17) is 4.42 Å². The van der Waals surface area contributed by atoms with Crippen LogP contribution in [0, 0.1) is 6.92 Å². The quantitative estimate of drug-likeness (QED) is 0.826. The van der Waals surface area contributed by atoms with Gasteiger partial charge in [-0.15, -0.1) is 0 Å². The van der Waals surface area contributed by atoms with Crippen LogP contribution in [0.25, 0.3) is 0 Å². The molecule has 0 aliphatic rings. The van der Waals surface area contributed by atoms with Gasteiger partial charge < -0.3 is 8.98 Å². The summed E-state index contributed by atoms with van der Waals surface area (Å²) in [4.78, 5) is 4.33. The predicted octanol–water partition coefficient (Wildman–Crippen LogP) is 2.67. The molecule has 0 bridgehead atoms. The molecule has 2 aromatic rings. The number of halogens is 1. The van der Waals surface area contributed by atoms with Crippen molar-refractivity contribution in [1.82, 2.24) is 9.55 Å². The van der Waals surface area contributed by atoms with Crippen molar-refractivity contribution in [3.63, 3.8) is 0 Å². The van der Waals surface area contributed by atoms with Crippen LogP contribution in [-0.4, -0.2) is 9.55 Å². The Morgan fingerprint density at radius 3 is 2.86 bits per heavy atom. The predicted molar refractivity (Wildman–Crippen MR) is 57.2 cm³/mol. The highest BCUT2D eigenvalue weighted by Gasteiger charge is 2.11. The van der Waals surface area contributed by atoms with Crippen molar-refractivity contribution in [3.8, 4) is 0 Å². The fourth-order valence-electron chi connectivity index (χ4n) is 1.39. The second-order valence-electron chi connectivity index (χ2n) is 3.21. The number of nitrogens with zero attached hydrogens (tertiary/aromatic N) is 2. The summed E-state index contributed by atoms with van der Waals surface area (Å²) in [6.07, 6.45) is 2.46. The van der Waals surface area contributed by atoms with Gasteiger partial charge in [-0.3, -0.25) is 0 Å². The summed E-state index contributed by atoms with van der Waals surface area (Å²) in [5.74, 6) is 1.95.